The number of carbonyl (C=O) groups excluding carboxylic acids is 1. The van der Waals surface area contributed by atoms with Crippen molar-refractivity contribution in [3.8, 4) is 0 Å². The van der Waals surface area contributed by atoms with Gasteiger partial charge in [-0.2, -0.15) is 0 Å². The van der Waals surface area contributed by atoms with Gasteiger partial charge in [0.05, 0.1) is 0 Å². The van der Waals surface area contributed by atoms with Crippen LogP contribution in [-0.2, 0) is 0 Å². The fourth-order valence-electron chi connectivity index (χ4n) is 1.16. The highest BCUT2D eigenvalue weighted by Gasteiger charge is 2.06. The Kier molecular flexibility index (Phi) is 5.36. The zero-order valence-corrected chi connectivity index (χ0v) is 11.0. The van der Waals surface area contributed by atoms with Crippen molar-refractivity contribution in [3.63, 3.8) is 0 Å². The van der Waals surface area contributed by atoms with Crippen LogP contribution in [0.15, 0.2) is 35.8 Å². The van der Waals surface area contributed by atoms with E-state index in [1.54, 1.807) is 18.3 Å². The fourth-order valence-corrected chi connectivity index (χ4v) is 1.68. The summed E-state index contributed by atoms with van der Waals surface area (Å²) in [5, 5.41) is 5.18. The maximum absolute atomic E-state index is 11.7. The molecule has 3 nitrogen and oxygen atoms in total. The van der Waals surface area contributed by atoms with Crippen molar-refractivity contribution in [2.24, 2.45) is 0 Å². The highest BCUT2D eigenvalue weighted by Crippen LogP contribution is 2.12. The molecule has 0 unspecified atom stereocenters. The van der Waals surface area contributed by atoms with Gasteiger partial charge in [-0.05, 0) is 19.1 Å². The lowest BCUT2D eigenvalue weighted by atomic mass is 10.1. The molecular formula is C13H16N2OS. The lowest BCUT2D eigenvalue weighted by Crippen LogP contribution is -2.11. The average Bonchev–Trinajstić information content (AvgIpc) is 2.85. The predicted octanol–water partition coefficient (Wildman–Crippen LogP) is 3.73. The van der Waals surface area contributed by atoms with Crippen LogP contribution in [0.5, 0.6) is 0 Å². The zero-order valence-electron chi connectivity index (χ0n) is 10.2. The van der Waals surface area contributed by atoms with Crippen LogP contribution in [0.3, 0.4) is 0 Å². The average molecular weight is 248 g/mol. The summed E-state index contributed by atoms with van der Waals surface area (Å²) in [4.78, 5) is 15.7. The van der Waals surface area contributed by atoms with Crippen LogP contribution in [0.2, 0.25) is 0 Å². The van der Waals surface area contributed by atoms with Crippen LogP contribution in [-0.4, -0.2) is 10.9 Å². The van der Waals surface area contributed by atoms with Gasteiger partial charge in [-0.3, -0.25) is 10.1 Å². The summed E-state index contributed by atoms with van der Waals surface area (Å²) in [5.41, 5.74) is 1.79. The highest BCUT2D eigenvalue weighted by molar-refractivity contribution is 7.13. The Hall–Kier alpha value is -1.68. The molecule has 0 aliphatic rings. The lowest BCUT2D eigenvalue weighted by Gasteiger charge is -2.01. The first kappa shape index (κ1) is 13.4. The summed E-state index contributed by atoms with van der Waals surface area (Å²) in [7, 11) is 0. The van der Waals surface area contributed by atoms with Crippen LogP contribution in [0.4, 0.5) is 5.13 Å². The van der Waals surface area contributed by atoms with Gasteiger partial charge >= 0.3 is 0 Å². The maximum atomic E-state index is 11.7. The van der Waals surface area contributed by atoms with E-state index >= 15 is 0 Å². The van der Waals surface area contributed by atoms with Crippen LogP contribution >= 0.6 is 11.3 Å². The zero-order chi connectivity index (χ0) is 12.7. The Bertz CT molecular complexity index is 449. The molecule has 2 rings (SSSR count). The molecule has 1 aromatic carbocycles. The van der Waals surface area contributed by atoms with Gasteiger partial charge in [0.15, 0.2) is 5.13 Å². The van der Waals surface area contributed by atoms with Gasteiger partial charge in [0.25, 0.3) is 5.91 Å². The van der Waals surface area contributed by atoms with E-state index in [1.165, 1.54) is 11.3 Å². The van der Waals surface area contributed by atoms with Gasteiger partial charge in [-0.25, -0.2) is 4.98 Å². The van der Waals surface area contributed by atoms with Gasteiger partial charge < -0.3 is 0 Å². The van der Waals surface area contributed by atoms with Crippen LogP contribution in [0.25, 0.3) is 0 Å². The molecule has 0 bridgehead atoms. The number of hydrogen-bond acceptors (Lipinski definition) is 3. The number of aromatic nitrogens is 1. The molecule has 90 valence electrons. The van der Waals surface area contributed by atoms with E-state index in [0.29, 0.717) is 10.7 Å². The topological polar surface area (TPSA) is 42.0 Å². The quantitative estimate of drug-likeness (QED) is 0.879. The number of amides is 1. The van der Waals surface area contributed by atoms with Crippen molar-refractivity contribution in [1.82, 2.24) is 4.98 Å². The molecule has 1 heterocycles. The van der Waals surface area contributed by atoms with Crippen LogP contribution in [0, 0.1) is 6.92 Å². The third-order valence-corrected chi connectivity index (χ3v) is 2.66. The number of aryl methyl sites for hydroxylation is 1. The Morgan fingerprint density at radius 1 is 1.24 bits per heavy atom. The number of anilines is 1. The number of nitrogens with one attached hydrogen (secondary N) is 1. The smallest absolute Gasteiger partial charge is 0.257 e. The first-order valence-corrected chi connectivity index (χ1v) is 6.41. The molecule has 0 atom stereocenters. The molecule has 0 radical (unpaired) electrons. The van der Waals surface area contributed by atoms with E-state index in [2.05, 4.69) is 10.3 Å². The normalized spacial score (nSPS) is 9.12. The number of nitrogens with zero attached hydrogens (tertiary/aromatic N) is 1. The number of thiazole rings is 1. The third kappa shape index (κ3) is 4.00. The minimum atomic E-state index is -0.120. The second kappa shape index (κ2) is 6.81. The van der Waals surface area contributed by atoms with E-state index in [9.17, 15) is 4.79 Å². The number of hydrogen-bond donors (Lipinski definition) is 1. The molecule has 1 N–H and O–H groups in total. The SMILES string of the molecule is CC.Cc1ccc(C(=O)Nc2nccs2)cc1. The molecular weight excluding hydrogens is 232 g/mol. The summed E-state index contributed by atoms with van der Waals surface area (Å²) in [6, 6.07) is 7.43. The van der Waals surface area contributed by atoms with Gasteiger partial charge in [0.2, 0.25) is 0 Å². The highest BCUT2D eigenvalue weighted by atomic mass is 32.1. The second-order valence-corrected chi connectivity index (χ2v) is 4.05. The maximum Gasteiger partial charge on any atom is 0.257 e. The summed E-state index contributed by atoms with van der Waals surface area (Å²) in [6.45, 7) is 5.99. The van der Waals surface area contributed by atoms with Crippen molar-refractivity contribution in [2.75, 3.05) is 5.32 Å². The van der Waals surface area contributed by atoms with Crippen molar-refractivity contribution < 1.29 is 4.79 Å². The minimum absolute atomic E-state index is 0.120. The molecule has 4 heteroatoms. The van der Waals surface area contributed by atoms with Crippen molar-refractivity contribution in [2.45, 2.75) is 20.8 Å². The Balaban J connectivity index is 0.000000686. The van der Waals surface area contributed by atoms with E-state index in [0.717, 1.165) is 5.56 Å². The first-order chi connectivity index (χ1) is 8.25. The summed E-state index contributed by atoms with van der Waals surface area (Å²) in [5.74, 6) is -0.120. The van der Waals surface area contributed by atoms with Gasteiger partial charge in [-0.15, -0.1) is 11.3 Å². The van der Waals surface area contributed by atoms with Gasteiger partial charge in [0, 0.05) is 17.1 Å². The minimum Gasteiger partial charge on any atom is -0.298 e. The Morgan fingerprint density at radius 3 is 2.41 bits per heavy atom. The van der Waals surface area contributed by atoms with E-state index < -0.39 is 0 Å². The van der Waals surface area contributed by atoms with Crippen LogP contribution < -0.4 is 5.32 Å². The van der Waals surface area contributed by atoms with E-state index in [4.69, 9.17) is 0 Å². The number of carbonyl (C=O) groups is 1. The molecule has 1 amide bonds. The van der Waals surface area contributed by atoms with E-state index in [-0.39, 0.29) is 5.91 Å². The Morgan fingerprint density at radius 2 is 1.88 bits per heavy atom. The summed E-state index contributed by atoms with van der Waals surface area (Å²) < 4.78 is 0. The fraction of sp³-hybridized carbons (Fsp3) is 0.231. The molecule has 0 saturated heterocycles. The standard InChI is InChI=1S/C11H10N2OS.C2H6/c1-8-2-4-9(5-3-8)10(14)13-11-12-6-7-15-11;1-2/h2-7H,1H3,(H,12,13,14);1-2H3. The van der Waals surface area contributed by atoms with Gasteiger partial charge in [0.1, 0.15) is 0 Å². The summed E-state index contributed by atoms with van der Waals surface area (Å²) in [6.07, 6.45) is 1.66. The predicted molar refractivity (Wildman–Crippen MR) is 72.6 cm³/mol. The molecule has 17 heavy (non-hydrogen) atoms. The Labute approximate surface area is 106 Å². The molecule has 0 spiro atoms. The largest absolute Gasteiger partial charge is 0.298 e. The first-order valence-electron chi connectivity index (χ1n) is 5.53. The van der Waals surface area contributed by atoms with Gasteiger partial charge in [-0.1, -0.05) is 31.5 Å². The van der Waals surface area contributed by atoms with Crippen LogP contribution in [0.1, 0.15) is 29.8 Å². The molecule has 1 aromatic heterocycles. The van der Waals surface area contributed by atoms with Crippen molar-refractivity contribution >= 4 is 22.4 Å². The molecule has 0 aliphatic heterocycles. The number of rotatable bonds is 2. The molecule has 0 aliphatic carbocycles. The van der Waals surface area contributed by atoms with Crippen molar-refractivity contribution in [1.29, 1.82) is 0 Å². The lowest BCUT2D eigenvalue weighted by molar-refractivity contribution is 0.102. The third-order valence-electron chi connectivity index (χ3n) is 1.97. The van der Waals surface area contributed by atoms with E-state index in [1.807, 2.05) is 38.3 Å². The van der Waals surface area contributed by atoms with Crippen molar-refractivity contribution in [3.05, 3.63) is 47.0 Å². The summed E-state index contributed by atoms with van der Waals surface area (Å²) >= 11 is 1.41. The second-order valence-electron chi connectivity index (χ2n) is 3.16. The monoisotopic (exact) mass is 248 g/mol. The molecule has 0 saturated carbocycles. The molecule has 0 fully saturated rings. The number of benzene rings is 1. The molecule has 2 aromatic rings.